The molecule has 0 saturated carbocycles. The van der Waals surface area contributed by atoms with Crippen LogP contribution in [0.1, 0.15) is 11.9 Å². The topological polar surface area (TPSA) is 97.6 Å². The van der Waals surface area contributed by atoms with E-state index in [0.717, 1.165) is 0 Å². The van der Waals surface area contributed by atoms with Crippen molar-refractivity contribution < 1.29 is 34.3 Å². The number of methoxy groups -OCH3 is 1. The van der Waals surface area contributed by atoms with Crippen molar-refractivity contribution in [2.75, 3.05) is 13.7 Å². The summed E-state index contributed by atoms with van der Waals surface area (Å²) in [6.45, 7) is -0.000297. The van der Waals surface area contributed by atoms with Crippen LogP contribution in [0.5, 0.6) is 0 Å². The molecule has 3 rings (SSSR count). The summed E-state index contributed by atoms with van der Waals surface area (Å²) in [5.41, 5.74) is 0.694. The van der Waals surface area contributed by atoms with Crippen LogP contribution in [-0.4, -0.2) is 59.4 Å². The second-order valence-corrected chi connectivity index (χ2v) is 5.11. The zero-order valence-corrected chi connectivity index (χ0v) is 11.5. The van der Waals surface area contributed by atoms with Crippen LogP contribution in [0.4, 0.5) is 0 Å². The smallest absolute Gasteiger partial charge is 0.227 e. The highest BCUT2D eigenvalue weighted by Gasteiger charge is 2.59. The minimum atomic E-state index is -2.06. The fraction of sp³-hybridized carbons (Fsp3) is 0.571. The van der Waals surface area contributed by atoms with Crippen molar-refractivity contribution in [1.82, 2.24) is 0 Å². The van der Waals surface area contributed by atoms with E-state index in [9.17, 15) is 15.3 Å². The van der Waals surface area contributed by atoms with Gasteiger partial charge in [-0.05, 0) is 0 Å². The molecule has 2 heterocycles. The number of hydrogen-bond donors (Lipinski definition) is 3. The summed E-state index contributed by atoms with van der Waals surface area (Å²) < 4.78 is 21.3. The molecule has 116 valence electrons. The largest absolute Gasteiger partial charge is 0.385 e. The molecular weight excluding hydrogens is 280 g/mol. The number of benzene rings is 1. The molecule has 0 radical (unpaired) electrons. The zero-order chi connectivity index (χ0) is 15.0. The second kappa shape index (κ2) is 5.62. The Balaban J connectivity index is 1.83. The molecule has 1 aromatic carbocycles. The molecule has 7 nitrogen and oxygen atoms in total. The molecular formula is C14H18O7. The van der Waals surface area contributed by atoms with E-state index in [-0.39, 0.29) is 6.61 Å². The van der Waals surface area contributed by atoms with Crippen LogP contribution in [0.25, 0.3) is 0 Å². The maximum atomic E-state index is 10.6. The SMILES string of the molecule is CO[C@H]1O[C@@H]2CO[C@@H](c3ccccc3)O[C@]2(O)[C@H](O)[C@H]1O. The molecule has 2 aliphatic heterocycles. The lowest BCUT2D eigenvalue weighted by Crippen LogP contribution is -2.70. The van der Waals surface area contributed by atoms with Crippen molar-refractivity contribution >= 4 is 0 Å². The van der Waals surface area contributed by atoms with Crippen LogP contribution in [0.3, 0.4) is 0 Å². The van der Waals surface area contributed by atoms with Gasteiger partial charge in [-0.1, -0.05) is 30.3 Å². The van der Waals surface area contributed by atoms with Gasteiger partial charge in [0.25, 0.3) is 0 Å². The van der Waals surface area contributed by atoms with Crippen LogP contribution >= 0.6 is 0 Å². The van der Waals surface area contributed by atoms with Gasteiger partial charge in [0.1, 0.15) is 18.3 Å². The van der Waals surface area contributed by atoms with E-state index in [4.69, 9.17) is 18.9 Å². The van der Waals surface area contributed by atoms with Gasteiger partial charge in [-0.25, -0.2) is 0 Å². The average Bonchev–Trinajstić information content (AvgIpc) is 2.52. The molecule has 1 aromatic rings. The third kappa shape index (κ3) is 2.47. The highest BCUT2D eigenvalue weighted by Crippen LogP contribution is 2.39. The van der Waals surface area contributed by atoms with Crippen LogP contribution < -0.4 is 0 Å². The van der Waals surface area contributed by atoms with Gasteiger partial charge in [0.05, 0.1) is 6.61 Å². The molecule has 3 N–H and O–H groups in total. The predicted octanol–water partition coefficient (Wildman–Crippen LogP) is -0.486. The van der Waals surface area contributed by atoms with E-state index < -0.39 is 36.7 Å². The molecule has 0 unspecified atom stereocenters. The zero-order valence-electron chi connectivity index (χ0n) is 11.5. The third-order valence-corrected chi connectivity index (χ3v) is 3.78. The summed E-state index contributed by atoms with van der Waals surface area (Å²) in [7, 11) is 1.34. The number of aliphatic hydroxyl groups is 3. The summed E-state index contributed by atoms with van der Waals surface area (Å²) in [6.07, 6.45) is -5.86. The number of ether oxygens (including phenoxy) is 4. The van der Waals surface area contributed by atoms with Gasteiger partial charge in [-0.15, -0.1) is 0 Å². The highest BCUT2D eigenvalue weighted by atomic mass is 16.8. The molecule has 21 heavy (non-hydrogen) atoms. The molecule has 2 saturated heterocycles. The Bertz CT molecular complexity index is 477. The van der Waals surface area contributed by atoms with E-state index in [1.807, 2.05) is 18.2 Å². The molecule has 0 amide bonds. The first kappa shape index (κ1) is 14.9. The van der Waals surface area contributed by atoms with Gasteiger partial charge in [0.2, 0.25) is 5.79 Å². The first-order chi connectivity index (χ1) is 10.1. The Morgan fingerprint density at radius 1 is 1.24 bits per heavy atom. The summed E-state index contributed by atoms with van der Waals surface area (Å²) in [4.78, 5) is 0. The van der Waals surface area contributed by atoms with Crippen molar-refractivity contribution in [2.45, 2.75) is 36.7 Å². The first-order valence-corrected chi connectivity index (χ1v) is 6.67. The minimum Gasteiger partial charge on any atom is -0.385 e. The fourth-order valence-electron chi connectivity index (χ4n) is 2.58. The van der Waals surface area contributed by atoms with Crippen LogP contribution in [0.2, 0.25) is 0 Å². The molecule has 0 aliphatic carbocycles. The van der Waals surface area contributed by atoms with Crippen LogP contribution in [-0.2, 0) is 18.9 Å². The third-order valence-electron chi connectivity index (χ3n) is 3.78. The van der Waals surface area contributed by atoms with Gasteiger partial charge in [-0.3, -0.25) is 0 Å². The predicted molar refractivity (Wildman–Crippen MR) is 68.9 cm³/mol. The maximum absolute atomic E-state index is 10.6. The molecule has 2 fully saturated rings. The van der Waals surface area contributed by atoms with Gasteiger partial charge in [0, 0.05) is 12.7 Å². The highest BCUT2D eigenvalue weighted by molar-refractivity contribution is 5.17. The normalized spacial score (nSPS) is 43.3. The van der Waals surface area contributed by atoms with E-state index in [1.54, 1.807) is 12.1 Å². The van der Waals surface area contributed by atoms with Crippen LogP contribution in [0.15, 0.2) is 30.3 Å². The maximum Gasteiger partial charge on any atom is 0.227 e. The van der Waals surface area contributed by atoms with Gasteiger partial charge < -0.3 is 34.3 Å². The summed E-state index contributed by atoms with van der Waals surface area (Å²) in [6, 6.07) is 9.01. The van der Waals surface area contributed by atoms with Gasteiger partial charge in [-0.2, -0.15) is 0 Å². The van der Waals surface area contributed by atoms with E-state index >= 15 is 0 Å². The van der Waals surface area contributed by atoms with Gasteiger partial charge in [0.15, 0.2) is 12.6 Å². The Hall–Kier alpha value is -1.06. The van der Waals surface area contributed by atoms with Crippen molar-refractivity contribution in [3.8, 4) is 0 Å². The molecule has 0 bridgehead atoms. The minimum absolute atomic E-state index is 0.000297. The Morgan fingerprint density at radius 2 is 1.95 bits per heavy atom. The average molecular weight is 298 g/mol. The summed E-state index contributed by atoms with van der Waals surface area (Å²) >= 11 is 0. The number of rotatable bonds is 2. The lowest BCUT2D eigenvalue weighted by molar-refractivity contribution is -0.452. The number of fused-ring (bicyclic) bond motifs is 1. The van der Waals surface area contributed by atoms with Gasteiger partial charge >= 0.3 is 0 Å². The Kier molecular flexibility index (Phi) is 3.98. The first-order valence-electron chi connectivity index (χ1n) is 6.67. The monoisotopic (exact) mass is 298 g/mol. The fourth-order valence-corrected chi connectivity index (χ4v) is 2.58. The quantitative estimate of drug-likeness (QED) is 0.678. The van der Waals surface area contributed by atoms with Crippen molar-refractivity contribution in [3.63, 3.8) is 0 Å². The molecule has 7 heteroatoms. The Labute approximate surface area is 121 Å². The molecule has 6 atom stereocenters. The number of aliphatic hydroxyl groups excluding tert-OH is 2. The number of hydrogen-bond acceptors (Lipinski definition) is 7. The van der Waals surface area contributed by atoms with E-state index in [2.05, 4.69) is 0 Å². The standard InChI is InChI=1S/C14H18O7/c1-18-13-10(15)11(16)14(17)9(20-13)7-19-12(21-14)8-5-3-2-4-6-8/h2-6,9-13,15-17H,7H2,1H3/t9-,10-,11-,12-,13+,14+/m1/s1. The lowest BCUT2D eigenvalue weighted by atomic mass is 9.94. The molecule has 0 aromatic heterocycles. The summed E-state index contributed by atoms with van der Waals surface area (Å²) in [5.74, 6) is -2.06. The van der Waals surface area contributed by atoms with Crippen molar-refractivity contribution in [1.29, 1.82) is 0 Å². The van der Waals surface area contributed by atoms with E-state index in [0.29, 0.717) is 5.56 Å². The second-order valence-electron chi connectivity index (χ2n) is 5.11. The van der Waals surface area contributed by atoms with E-state index in [1.165, 1.54) is 7.11 Å². The van der Waals surface area contributed by atoms with Crippen molar-refractivity contribution in [3.05, 3.63) is 35.9 Å². The van der Waals surface area contributed by atoms with Crippen molar-refractivity contribution in [2.24, 2.45) is 0 Å². The molecule has 0 spiro atoms. The van der Waals surface area contributed by atoms with Crippen LogP contribution in [0, 0.1) is 0 Å². The summed E-state index contributed by atoms with van der Waals surface area (Å²) in [5, 5.41) is 30.7. The Morgan fingerprint density at radius 3 is 2.62 bits per heavy atom. The lowest BCUT2D eigenvalue weighted by Gasteiger charge is -2.50. The molecule has 2 aliphatic rings.